The average Bonchev–Trinajstić information content (AvgIpc) is 2.94. The molecule has 1 aliphatic heterocycles. The van der Waals surface area contributed by atoms with Gasteiger partial charge in [0.15, 0.2) is 0 Å². The van der Waals surface area contributed by atoms with E-state index in [1.54, 1.807) is 12.1 Å². The number of ether oxygens (including phenoxy) is 2. The summed E-state index contributed by atoms with van der Waals surface area (Å²) in [4.78, 5) is 11.9. The second-order valence-electron chi connectivity index (χ2n) is 11.5. The molecule has 0 bridgehead atoms. The van der Waals surface area contributed by atoms with Crippen LogP contribution in [-0.2, 0) is 9.16 Å². The highest BCUT2D eigenvalue weighted by Gasteiger charge is 2.52. The van der Waals surface area contributed by atoms with Gasteiger partial charge in [0, 0.05) is 17.5 Å². The summed E-state index contributed by atoms with van der Waals surface area (Å²) < 4.78 is 24.2. The van der Waals surface area contributed by atoms with E-state index < -0.39 is 44.6 Å². The van der Waals surface area contributed by atoms with Crippen LogP contribution in [0.15, 0.2) is 94.1 Å². The third kappa shape index (κ3) is 5.61. The molecule has 216 valence electrons. The molecule has 41 heavy (non-hydrogen) atoms. The minimum Gasteiger partial charge on any atom is -0.462 e. The smallest absolute Gasteiger partial charge is 0.336 e. The summed E-state index contributed by atoms with van der Waals surface area (Å²) in [6, 6.07) is 26.5. The molecule has 9 heteroatoms. The molecule has 5 rings (SSSR count). The maximum Gasteiger partial charge on any atom is 0.336 e. The highest BCUT2D eigenvalue weighted by atomic mass is 28.4. The van der Waals surface area contributed by atoms with Crippen LogP contribution >= 0.6 is 0 Å². The predicted octanol–water partition coefficient (Wildman–Crippen LogP) is 2.86. The van der Waals surface area contributed by atoms with Gasteiger partial charge >= 0.3 is 5.63 Å². The number of benzene rings is 3. The third-order valence-electron chi connectivity index (χ3n) is 7.72. The van der Waals surface area contributed by atoms with Gasteiger partial charge in [0.2, 0.25) is 6.29 Å². The van der Waals surface area contributed by atoms with E-state index in [1.165, 1.54) is 12.1 Å². The van der Waals surface area contributed by atoms with Crippen molar-refractivity contribution in [3.05, 3.63) is 101 Å². The molecule has 0 unspecified atom stereocenters. The van der Waals surface area contributed by atoms with Gasteiger partial charge < -0.3 is 33.6 Å². The Kier molecular flexibility index (Phi) is 8.20. The summed E-state index contributed by atoms with van der Waals surface area (Å²) in [5.74, 6) is 0.269. The summed E-state index contributed by atoms with van der Waals surface area (Å²) >= 11 is 0. The quantitative estimate of drug-likeness (QED) is 0.227. The fourth-order valence-electron chi connectivity index (χ4n) is 5.63. The van der Waals surface area contributed by atoms with Crippen molar-refractivity contribution in [2.24, 2.45) is 0 Å². The lowest BCUT2D eigenvalue weighted by atomic mass is 9.99. The number of rotatable bonds is 7. The molecule has 0 radical (unpaired) electrons. The number of aliphatic hydroxyl groups is 3. The molecule has 0 spiro atoms. The second-order valence-corrected chi connectivity index (χ2v) is 15.8. The number of hydrogen-bond acceptors (Lipinski definition) is 8. The van der Waals surface area contributed by atoms with Gasteiger partial charge in [-0.05, 0) is 40.0 Å². The highest BCUT2D eigenvalue weighted by molar-refractivity contribution is 6.99. The van der Waals surface area contributed by atoms with Crippen molar-refractivity contribution in [1.82, 2.24) is 0 Å². The van der Waals surface area contributed by atoms with Gasteiger partial charge in [-0.25, -0.2) is 4.79 Å². The van der Waals surface area contributed by atoms with Gasteiger partial charge in [-0.1, -0.05) is 81.4 Å². The van der Waals surface area contributed by atoms with E-state index in [-0.39, 0.29) is 17.4 Å². The molecule has 5 atom stereocenters. The van der Waals surface area contributed by atoms with Crippen LogP contribution in [0.4, 0.5) is 0 Å². The van der Waals surface area contributed by atoms with E-state index >= 15 is 0 Å². The van der Waals surface area contributed by atoms with Gasteiger partial charge in [-0.2, -0.15) is 0 Å². The van der Waals surface area contributed by atoms with Crippen LogP contribution in [0.1, 0.15) is 26.3 Å². The molecule has 0 amide bonds. The molecular formula is C32H36O8Si. The Morgan fingerprint density at radius 1 is 0.829 bits per heavy atom. The molecule has 8 nitrogen and oxygen atoms in total. The number of fused-ring (bicyclic) bond motifs is 1. The minimum absolute atomic E-state index is 0.0517. The van der Waals surface area contributed by atoms with E-state index in [9.17, 15) is 20.1 Å². The number of aryl methyl sites for hydroxylation is 1. The van der Waals surface area contributed by atoms with E-state index in [4.69, 9.17) is 18.3 Å². The highest BCUT2D eigenvalue weighted by Crippen LogP contribution is 2.37. The summed E-state index contributed by atoms with van der Waals surface area (Å²) in [6.45, 7) is 8.18. The number of hydrogen-bond donors (Lipinski definition) is 3. The van der Waals surface area contributed by atoms with Gasteiger partial charge in [-0.3, -0.25) is 0 Å². The molecular weight excluding hydrogens is 540 g/mol. The molecule has 0 aliphatic carbocycles. The van der Waals surface area contributed by atoms with Crippen LogP contribution in [0.25, 0.3) is 11.0 Å². The molecule has 1 fully saturated rings. The Bertz CT molecular complexity index is 1490. The van der Waals surface area contributed by atoms with Crippen LogP contribution in [0.2, 0.25) is 5.04 Å². The van der Waals surface area contributed by atoms with Crippen molar-refractivity contribution >= 4 is 29.7 Å². The summed E-state index contributed by atoms with van der Waals surface area (Å²) in [6.07, 6.45) is -6.80. The van der Waals surface area contributed by atoms with Gasteiger partial charge in [0.25, 0.3) is 8.32 Å². The topological polar surface area (TPSA) is 119 Å². The standard InChI is InChI=1S/C32H36O8Si/c1-20-17-27(33)39-25-18-21(15-16-24(20)25)38-31-30(36)29(35)28(34)26(40-31)19-37-41(32(2,3)4,22-11-7-5-8-12-22)23-13-9-6-10-14-23/h5-18,26,28-31,34-36H,19H2,1-4H3/t26-,28+,29+,30-,31-/m1/s1. The van der Waals surface area contributed by atoms with Crippen molar-refractivity contribution < 1.29 is 33.6 Å². The SMILES string of the molecule is Cc1cc(=O)oc2cc(O[C@@H]3O[C@H](CO[Si](c4ccccc4)(c4ccccc4)C(C)(C)C)[C@H](O)[C@H](O)[C@H]3O)ccc12. The summed E-state index contributed by atoms with van der Waals surface area (Å²) in [5, 5.41) is 35.0. The third-order valence-corrected chi connectivity index (χ3v) is 12.7. The fourth-order valence-corrected chi connectivity index (χ4v) is 10.2. The molecule has 1 saturated heterocycles. The van der Waals surface area contributed by atoms with Crippen LogP contribution < -0.4 is 20.7 Å². The Morgan fingerprint density at radius 3 is 2.02 bits per heavy atom. The second kappa shape index (κ2) is 11.5. The van der Waals surface area contributed by atoms with Crippen molar-refractivity contribution in [2.45, 2.75) is 63.4 Å². The largest absolute Gasteiger partial charge is 0.462 e. The van der Waals surface area contributed by atoms with Crippen LogP contribution in [0, 0.1) is 6.92 Å². The van der Waals surface area contributed by atoms with Crippen LogP contribution in [0.5, 0.6) is 5.75 Å². The molecule has 3 N–H and O–H groups in total. The van der Waals surface area contributed by atoms with Gasteiger partial charge in [0.05, 0.1) is 6.61 Å². The Hall–Kier alpha value is -3.31. The molecule has 1 aromatic heterocycles. The molecule has 3 aromatic carbocycles. The zero-order chi connectivity index (χ0) is 29.4. The van der Waals surface area contributed by atoms with Crippen LogP contribution in [-0.4, -0.2) is 60.9 Å². The lowest BCUT2D eigenvalue weighted by Gasteiger charge is -2.45. The predicted molar refractivity (Wildman–Crippen MR) is 158 cm³/mol. The summed E-state index contributed by atoms with van der Waals surface area (Å²) in [5.41, 5.74) is 0.598. The maximum atomic E-state index is 11.9. The zero-order valence-electron chi connectivity index (χ0n) is 23.6. The lowest BCUT2D eigenvalue weighted by Crippen LogP contribution is -2.68. The van der Waals surface area contributed by atoms with Gasteiger partial charge in [0.1, 0.15) is 35.7 Å². The average molecular weight is 577 g/mol. The summed E-state index contributed by atoms with van der Waals surface area (Å²) in [7, 11) is -2.96. The van der Waals surface area contributed by atoms with Crippen molar-refractivity contribution in [3.8, 4) is 5.75 Å². The normalized spacial score (nSPS) is 23.4. The fraction of sp³-hybridized carbons (Fsp3) is 0.344. The van der Waals surface area contributed by atoms with Crippen molar-refractivity contribution in [3.63, 3.8) is 0 Å². The van der Waals surface area contributed by atoms with Crippen LogP contribution in [0.3, 0.4) is 0 Å². The van der Waals surface area contributed by atoms with E-state index in [0.29, 0.717) is 5.58 Å². The molecule has 0 saturated carbocycles. The Morgan fingerprint density at radius 2 is 1.44 bits per heavy atom. The first-order valence-electron chi connectivity index (χ1n) is 13.7. The molecule has 4 aromatic rings. The van der Waals surface area contributed by atoms with Crippen molar-refractivity contribution in [2.75, 3.05) is 6.61 Å². The monoisotopic (exact) mass is 576 g/mol. The lowest BCUT2D eigenvalue weighted by molar-refractivity contribution is -0.276. The Balaban J connectivity index is 1.44. The van der Waals surface area contributed by atoms with E-state index in [1.807, 2.05) is 43.3 Å². The maximum absolute atomic E-state index is 11.9. The van der Waals surface area contributed by atoms with E-state index in [2.05, 4.69) is 45.0 Å². The number of aliphatic hydroxyl groups excluding tert-OH is 3. The Labute approximate surface area is 239 Å². The zero-order valence-corrected chi connectivity index (χ0v) is 24.6. The minimum atomic E-state index is -2.96. The van der Waals surface area contributed by atoms with Crippen molar-refractivity contribution in [1.29, 1.82) is 0 Å². The first-order valence-corrected chi connectivity index (χ1v) is 15.6. The first-order chi connectivity index (χ1) is 19.5. The molecule has 2 heterocycles. The first kappa shape index (κ1) is 29.2. The molecule has 1 aliphatic rings. The van der Waals surface area contributed by atoms with E-state index in [0.717, 1.165) is 21.3 Å². The van der Waals surface area contributed by atoms with Gasteiger partial charge in [-0.15, -0.1) is 0 Å².